The molecule has 0 saturated carbocycles. The molecule has 1 aromatic carbocycles. The predicted molar refractivity (Wildman–Crippen MR) is 75.4 cm³/mol. The third kappa shape index (κ3) is 2.96. The number of thiophene rings is 1. The summed E-state index contributed by atoms with van der Waals surface area (Å²) in [5, 5.41) is 2.17. The summed E-state index contributed by atoms with van der Waals surface area (Å²) in [5.41, 5.74) is 2.78. The van der Waals surface area contributed by atoms with Crippen LogP contribution < -0.4 is 0 Å². The van der Waals surface area contributed by atoms with E-state index in [-0.39, 0.29) is 0 Å². The van der Waals surface area contributed by atoms with E-state index in [1.807, 2.05) is 11.3 Å². The second-order valence-corrected chi connectivity index (χ2v) is 5.53. The lowest BCUT2D eigenvalue weighted by Crippen LogP contribution is -2.21. The van der Waals surface area contributed by atoms with E-state index in [9.17, 15) is 0 Å². The molecule has 17 heavy (non-hydrogen) atoms. The Hall–Kier alpha value is -1.12. The van der Waals surface area contributed by atoms with Crippen LogP contribution in [0.4, 0.5) is 0 Å². The Kier molecular flexibility index (Phi) is 3.97. The van der Waals surface area contributed by atoms with Crippen LogP contribution in [0.5, 0.6) is 0 Å². The molecule has 1 nitrogen and oxygen atoms in total. The van der Waals surface area contributed by atoms with Gasteiger partial charge in [-0.3, -0.25) is 4.90 Å². The molecule has 2 aromatic rings. The van der Waals surface area contributed by atoms with E-state index >= 15 is 0 Å². The van der Waals surface area contributed by atoms with Crippen molar-refractivity contribution in [3.05, 3.63) is 57.8 Å². The second-order valence-electron chi connectivity index (χ2n) is 4.53. The lowest BCUT2D eigenvalue weighted by atomic mass is 10.1. The van der Waals surface area contributed by atoms with Crippen LogP contribution in [0.1, 0.15) is 29.0 Å². The number of rotatable bonds is 4. The van der Waals surface area contributed by atoms with Gasteiger partial charge in [0.15, 0.2) is 0 Å². The van der Waals surface area contributed by atoms with Crippen LogP contribution in [0.15, 0.2) is 41.8 Å². The molecule has 2 rings (SSSR count). The van der Waals surface area contributed by atoms with E-state index in [0.29, 0.717) is 6.04 Å². The molecule has 0 radical (unpaired) electrons. The summed E-state index contributed by atoms with van der Waals surface area (Å²) in [5.74, 6) is 0. The summed E-state index contributed by atoms with van der Waals surface area (Å²) in [6.45, 7) is 5.48. The first-order chi connectivity index (χ1) is 8.18. The number of benzene rings is 1. The fraction of sp³-hybridized carbons (Fsp3) is 0.333. The third-order valence-electron chi connectivity index (χ3n) is 3.30. The maximum absolute atomic E-state index is 2.40. The Balaban J connectivity index is 2.06. The molecule has 2 heteroatoms. The third-order valence-corrected chi connectivity index (χ3v) is 4.31. The van der Waals surface area contributed by atoms with Crippen LogP contribution in [-0.4, -0.2) is 11.9 Å². The van der Waals surface area contributed by atoms with Gasteiger partial charge in [-0.2, -0.15) is 0 Å². The average Bonchev–Trinajstić information content (AvgIpc) is 2.75. The smallest absolute Gasteiger partial charge is 0.0333 e. The molecule has 1 aromatic heterocycles. The summed E-state index contributed by atoms with van der Waals surface area (Å²) in [4.78, 5) is 3.86. The highest BCUT2D eigenvalue weighted by molar-refractivity contribution is 7.10. The first-order valence-corrected chi connectivity index (χ1v) is 6.84. The topological polar surface area (TPSA) is 3.24 Å². The van der Waals surface area contributed by atoms with Gasteiger partial charge in [-0.1, -0.05) is 30.3 Å². The van der Waals surface area contributed by atoms with Crippen molar-refractivity contribution in [2.24, 2.45) is 0 Å². The van der Waals surface area contributed by atoms with Gasteiger partial charge in [0.05, 0.1) is 0 Å². The number of hydrogen-bond acceptors (Lipinski definition) is 2. The number of hydrogen-bond donors (Lipinski definition) is 0. The normalized spacial score (nSPS) is 12.9. The molecular formula is C15H19NS. The van der Waals surface area contributed by atoms with Crippen molar-refractivity contribution in [2.45, 2.75) is 26.4 Å². The van der Waals surface area contributed by atoms with E-state index < -0.39 is 0 Å². The van der Waals surface area contributed by atoms with Gasteiger partial charge in [-0.15, -0.1) is 11.3 Å². The molecule has 0 aliphatic rings. The molecule has 0 saturated heterocycles. The highest BCUT2D eigenvalue weighted by Gasteiger charge is 2.12. The fourth-order valence-corrected chi connectivity index (χ4v) is 2.88. The standard InChI is InChI=1S/C15H19NS/c1-12-9-10-17-15(12)11-16(3)13(2)14-7-5-4-6-8-14/h4-10,13H,11H2,1-3H3. The average molecular weight is 245 g/mol. The zero-order valence-corrected chi connectivity index (χ0v) is 11.5. The van der Waals surface area contributed by atoms with Crippen molar-refractivity contribution < 1.29 is 0 Å². The Morgan fingerprint density at radius 2 is 1.88 bits per heavy atom. The fourth-order valence-electron chi connectivity index (χ4n) is 1.92. The van der Waals surface area contributed by atoms with Crippen LogP contribution in [0, 0.1) is 6.92 Å². The molecule has 1 atom stereocenters. The van der Waals surface area contributed by atoms with Crippen molar-refractivity contribution in [3.8, 4) is 0 Å². The van der Waals surface area contributed by atoms with E-state index in [1.54, 1.807) is 0 Å². The second kappa shape index (κ2) is 5.48. The van der Waals surface area contributed by atoms with Gasteiger partial charge < -0.3 is 0 Å². The van der Waals surface area contributed by atoms with Crippen LogP contribution >= 0.6 is 11.3 Å². The summed E-state index contributed by atoms with van der Waals surface area (Å²) in [6.07, 6.45) is 0. The lowest BCUT2D eigenvalue weighted by Gasteiger charge is -2.24. The van der Waals surface area contributed by atoms with E-state index in [1.165, 1.54) is 16.0 Å². The van der Waals surface area contributed by atoms with Crippen LogP contribution in [0.2, 0.25) is 0 Å². The van der Waals surface area contributed by atoms with Gasteiger partial charge in [-0.25, -0.2) is 0 Å². The van der Waals surface area contributed by atoms with E-state index in [2.05, 4.69) is 67.6 Å². The van der Waals surface area contributed by atoms with E-state index in [0.717, 1.165) is 6.54 Å². The van der Waals surface area contributed by atoms with Crippen molar-refractivity contribution in [2.75, 3.05) is 7.05 Å². The van der Waals surface area contributed by atoms with Gasteiger partial charge in [0.25, 0.3) is 0 Å². The molecule has 0 fully saturated rings. The van der Waals surface area contributed by atoms with Gasteiger partial charge in [0, 0.05) is 17.5 Å². The predicted octanol–water partition coefficient (Wildman–Crippen LogP) is 4.25. The van der Waals surface area contributed by atoms with Gasteiger partial charge >= 0.3 is 0 Å². The largest absolute Gasteiger partial charge is 0.295 e. The van der Waals surface area contributed by atoms with Crippen molar-refractivity contribution in [1.82, 2.24) is 4.90 Å². The molecule has 0 spiro atoms. The SMILES string of the molecule is Cc1ccsc1CN(C)C(C)c1ccccc1. The molecule has 0 aliphatic heterocycles. The molecular weight excluding hydrogens is 226 g/mol. The monoisotopic (exact) mass is 245 g/mol. The Labute approximate surface area is 108 Å². The highest BCUT2D eigenvalue weighted by atomic mass is 32.1. The summed E-state index contributed by atoms with van der Waals surface area (Å²) >= 11 is 1.85. The molecule has 0 aliphatic carbocycles. The van der Waals surface area contributed by atoms with Crippen molar-refractivity contribution >= 4 is 11.3 Å². The Bertz CT molecular complexity index is 461. The van der Waals surface area contributed by atoms with Crippen molar-refractivity contribution in [1.29, 1.82) is 0 Å². The van der Waals surface area contributed by atoms with Crippen LogP contribution in [0.25, 0.3) is 0 Å². The molecule has 90 valence electrons. The summed E-state index contributed by atoms with van der Waals surface area (Å²) in [6, 6.07) is 13.3. The van der Waals surface area contributed by atoms with Crippen LogP contribution in [0.3, 0.4) is 0 Å². The van der Waals surface area contributed by atoms with Crippen molar-refractivity contribution in [3.63, 3.8) is 0 Å². The first kappa shape index (κ1) is 12.3. The minimum Gasteiger partial charge on any atom is -0.295 e. The molecule has 1 heterocycles. The minimum atomic E-state index is 0.456. The number of nitrogens with zero attached hydrogens (tertiary/aromatic N) is 1. The Morgan fingerprint density at radius 3 is 2.47 bits per heavy atom. The minimum absolute atomic E-state index is 0.456. The quantitative estimate of drug-likeness (QED) is 0.778. The molecule has 0 N–H and O–H groups in total. The number of aryl methyl sites for hydroxylation is 1. The molecule has 0 amide bonds. The zero-order chi connectivity index (χ0) is 12.3. The molecule has 0 bridgehead atoms. The zero-order valence-electron chi connectivity index (χ0n) is 10.7. The highest BCUT2D eigenvalue weighted by Crippen LogP contribution is 2.23. The summed E-state index contributed by atoms with van der Waals surface area (Å²) < 4.78 is 0. The lowest BCUT2D eigenvalue weighted by molar-refractivity contribution is 0.255. The summed E-state index contributed by atoms with van der Waals surface area (Å²) in [7, 11) is 2.19. The maximum atomic E-state index is 2.40. The maximum Gasteiger partial charge on any atom is 0.0333 e. The molecule has 1 unspecified atom stereocenters. The van der Waals surface area contributed by atoms with Gasteiger partial charge in [0.2, 0.25) is 0 Å². The first-order valence-electron chi connectivity index (χ1n) is 5.96. The van der Waals surface area contributed by atoms with E-state index in [4.69, 9.17) is 0 Å². The van der Waals surface area contributed by atoms with Gasteiger partial charge in [0.1, 0.15) is 0 Å². The van der Waals surface area contributed by atoms with Gasteiger partial charge in [-0.05, 0) is 43.5 Å². The van der Waals surface area contributed by atoms with Crippen LogP contribution in [-0.2, 0) is 6.54 Å². The Morgan fingerprint density at radius 1 is 1.18 bits per heavy atom.